The van der Waals surface area contributed by atoms with Crippen molar-refractivity contribution in [3.05, 3.63) is 53.6 Å². The molecule has 0 bridgehead atoms. The Labute approximate surface area is 207 Å². The number of carbonyl (C=O) groups is 1. The molecular weight excluding hydrogens is 470 g/mol. The average molecular weight is 504 g/mol. The molecule has 2 heterocycles. The standard InChI is InChI=1S/C25H33N3O6S/c1-35(30,31)28(22-7-8-23-24(17-22)34-15-14-33-23)9-3-6-25(29)26-18-20-4-2-5-21(16-20)19-27-10-12-32-13-11-27/h2,4-5,7-8,16-17H,3,6,9-15,18-19H2,1H3,(H,26,29). The third-order valence-electron chi connectivity index (χ3n) is 5.97. The van der Waals surface area contributed by atoms with Crippen LogP contribution in [0.15, 0.2) is 42.5 Å². The van der Waals surface area contributed by atoms with Crippen LogP contribution in [0.25, 0.3) is 0 Å². The Morgan fingerprint density at radius 1 is 1.00 bits per heavy atom. The molecule has 0 radical (unpaired) electrons. The lowest BCUT2D eigenvalue weighted by atomic mass is 10.1. The van der Waals surface area contributed by atoms with Crippen molar-refractivity contribution in [2.24, 2.45) is 0 Å². The van der Waals surface area contributed by atoms with Crippen LogP contribution >= 0.6 is 0 Å². The second-order valence-corrected chi connectivity index (χ2v) is 10.7. The normalized spacial score (nSPS) is 16.0. The van der Waals surface area contributed by atoms with Gasteiger partial charge in [-0.25, -0.2) is 8.42 Å². The first kappa shape index (κ1) is 25.3. The minimum Gasteiger partial charge on any atom is -0.486 e. The highest BCUT2D eigenvalue weighted by atomic mass is 32.2. The van der Waals surface area contributed by atoms with Crippen LogP contribution in [0.3, 0.4) is 0 Å². The lowest BCUT2D eigenvalue weighted by molar-refractivity contribution is -0.121. The van der Waals surface area contributed by atoms with E-state index in [1.54, 1.807) is 18.2 Å². The molecule has 35 heavy (non-hydrogen) atoms. The molecule has 0 saturated carbocycles. The fourth-order valence-electron chi connectivity index (χ4n) is 4.20. The number of benzene rings is 2. The van der Waals surface area contributed by atoms with Crippen molar-refractivity contribution >= 4 is 21.6 Å². The fraction of sp³-hybridized carbons (Fsp3) is 0.480. The molecule has 1 N–H and O–H groups in total. The van der Waals surface area contributed by atoms with Gasteiger partial charge in [0.25, 0.3) is 0 Å². The van der Waals surface area contributed by atoms with Crippen molar-refractivity contribution in [2.45, 2.75) is 25.9 Å². The Balaban J connectivity index is 1.26. The number of nitrogens with one attached hydrogen (secondary N) is 1. The van der Waals surface area contributed by atoms with E-state index in [4.69, 9.17) is 14.2 Å². The molecule has 2 aliphatic heterocycles. The smallest absolute Gasteiger partial charge is 0.232 e. The molecule has 0 atom stereocenters. The molecule has 0 unspecified atom stereocenters. The predicted molar refractivity (Wildman–Crippen MR) is 133 cm³/mol. The van der Waals surface area contributed by atoms with E-state index < -0.39 is 10.0 Å². The third-order valence-corrected chi connectivity index (χ3v) is 7.16. The summed E-state index contributed by atoms with van der Waals surface area (Å²) in [4.78, 5) is 14.8. The molecule has 1 fully saturated rings. The van der Waals surface area contributed by atoms with Crippen LogP contribution in [-0.4, -0.2) is 71.5 Å². The molecule has 1 amide bonds. The minimum atomic E-state index is -3.52. The van der Waals surface area contributed by atoms with Crippen molar-refractivity contribution in [2.75, 3.05) is 56.6 Å². The van der Waals surface area contributed by atoms with E-state index >= 15 is 0 Å². The van der Waals surface area contributed by atoms with Gasteiger partial charge in [-0.05, 0) is 29.7 Å². The lowest BCUT2D eigenvalue weighted by Gasteiger charge is -2.26. The van der Waals surface area contributed by atoms with Gasteiger partial charge in [-0.1, -0.05) is 24.3 Å². The second kappa shape index (κ2) is 11.7. The van der Waals surface area contributed by atoms with Gasteiger partial charge in [-0.3, -0.25) is 14.0 Å². The minimum absolute atomic E-state index is 0.112. The number of carbonyl (C=O) groups excluding carboxylic acids is 1. The number of sulfonamides is 1. The van der Waals surface area contributed by atoms with Crippen LogP contribution in [0.1, 0.15) is 24.0 Å². The molecule has 4 rings (SSSR count). The Morgan fingerprint density at radius 3 is 2.51 bits per heavy atom. The summed E-state index contributed by atoms with van der Waals surface area (Å²) >= 11 is 0. The summed E-state index contributed by atoms with van der Waals surface area (Å²) in [6.07, 6.45) is 1.78. The SMILES string of the molecule is CS(=O)(=O)N(CCCC(=O)NCc1cccc(CN2CCOCC2)c1)c1ccc2c(c1)OCCO2. The van der Waals surface area contributed by atoms with Gasteiger partial charge in [0.05, 0.1) is 25.2 Å². The van der Waals surface area contributed by atoms with Gasteiger partial charge < -0.3 is 19.5 Å². The predicted octanol–water partition coefficient (Wildman–Crippen LogP) is 2.15. The van der Waals surface area contributed by atoms with Gasteiger partial charge in [0.2, 0.25) is 15.9 Å². The summed E-state index contributed by atoms with van der Waals surface area (Å²) in [6.45, 7) is 5.78. The molecule has 9 nitrogen and oxygen atoms in total. The number of rotatable bonds is 10. The molecule has 0 aromatic heterocycles. The van der Waals surface area contributed by atoms with Crippen molar-refractivity contribution in [1.82, 2.24) is 10.2 Å². The van der Waals surface area contributed by atoms with Crippen LogP contribution in [0, 0.1) is 0 Å². The Morgan fingerprint density at radius 2 is 1.74 bits per heavy atom. The first-order valence-electron chi connectivity index (χ1n) is 11.9. The third kappa shape index (κ3) is 7.33. The maximum absolute atomic E-state index is 12.4. The monoisotopic (exact) mass is 503 g/mol. The number of anilines is 1. The van der Waals surface area contributed by atoms with Crippen LogP contribution in [0.4, 0.5) is 5.69 Å². The highest BCUT2D eigenvalue weighted by Crippen LogP contribution is 2.34. The average Bonchev–Trinajstić information content (AvgIpc) is 2.85. The molecular formula is C25H33N3O6S. The molecule has 10 heteroatoms. The van der Waals surface area contributed by atoms with Gasteiger partial charge in [-0.15, -0.1) is 0 Å². The van der Waals surface area contributed by atoms with Gasteiger partial charge >= 0.3 is 0 Å². The maximum atomic E-state index is 12.4. The molecule has 2 aromatic rings. The second-order valence-electron chi connectivity index (χ2n) is 8.75. The van der Waals surface area contributed by atoms with Gasteiger partial charge in [-0.2, -0.15) is 0 Å². The number of nitrogens with zero attached hydrogens (tertiary/aromatic N) is 2. The van der Waals surface area contributed by atoms with Crippen LogP contribution in [0.5, 0.6) is 11.5 Å². The Bertz CT molecular complexity index is 1120. The number of hydrogen-bond donors (Lipinski definition) is 1. The van der Waals surface area contributed by atoms with Crippen LogP contribution in [-0.2, 0) is 32.6 Å². The van der Waals surface area contributed by atoms with Crippen molar-refractivity contribution in [3.63, 3.8) is 0 Å². The highest BCUT2D eigenvalue weighted by molar-refractivity contribution is 7.92. The zero-order valence-electron chi connectivity index (χ0n) is 20.1. The number of ether oxygens (including phenoxy) is 3. The summed E-state index contributed by atoms with van der Waals surface area (Å²) < 4.78 is 42.6. The summed E-state index contributed by atoms with van der Waals surface area (Å²) in [6, 6.07) is 13.3. The van der Waals surface area contributed by atoms with Gasteiger partial charge in [0, 0.05) is 45.2 Å². The van der Waals surface area contributed by atoms with Crippen molar-refractivity contribution in [3.8, 4) is 11.5 Å². The fourth-order valence-corrected chi connectivity index (χ4v) is 5.16. The molecule has 1 saturated heterocycles. The van der Waals surface area contributed by atoms with E-state index in [0.717, 1.165) is 44.7 Å². The first-order chi connectivity index (χ1) is 16.9. The zero-order valence-corrected chi connectivity index (χ0v) is 20.9. The number of amides is 1. The van der Waals surface area contributed by atoms with E-state index in [1.807, 2.05) is 12.1 Å². The molecule has 2 aliphatic rings. The van der Waals surface area contributed by atoms with E-state index in [9.17, 15) is 13.2 Å². The Kier molecular flexibility index (Phi) is 8.48. The highest BCUT2D eigenvalue weighted by Gasteiger charge is 2.21. The van der Waals surface area contributed by atoms with Crippen LogP contribution < -0.4 is 19.1 Å². The first-order valence-corrected chi connectivity index (χ1v) is 13.8. The summed E-state index contributed by atoms with van der Waals surface area (Å²) in [5, 5.41) is 2.95. The lowest BCUT2D eigenvalue weighted by Crippen LogP contribution is -2.35. The maximum Gasteiger partial charge on any atom is 0.232 e. The van der Waals surface area contributed by atoms with Crippen molar-refractivity contribution in [1.29, 1.82) is 0 Å². The van der Waals surface area contributed by atoms with Gasteiger partial charge in [0.1, 0.15) is 13.2 Å². The number of fused-ring (bicyclic) bond motifs is 1. The molecule has 0 spiro atoms. The number of hydrogen-bond acceptors (Lipinski definition) is 7. The number of morpholine rings is 1. The van der Waals surface area contributed by atoms with Gasteiger partial charge in [0.15, 0.2) is 11.5 Å². The largest absolute Gasteiger partial charge is 0.486 e. The van der Waals surface area contributed by atoms with E-state index in [1.165, 1.54) is 9.87 Å². The van der Waals surface area contributed by atoms with E-state index in [-0.39, 0.29) is 18.9 Å². The zero-order chi connectivity index (χ0) is 24.7. The quantitative estimate of drug-likeness (QED) is 0.531. The molecule has 190 valence electrons. The topological polar surface area (TPSA) is 97.4 Å². The van der Waals surface area contributed by atoms with E-state index in [2.05, 4.69) is 22.3 Å². The van der Waals surface area contributed by atoms with E-state index in [0.29, 0.717) is 43.4 Å². The van der Waals surface area contributed by atoms with Crippen LogP contribution in [0.2, 0.25) is 0 Å². The van der Waals surface area contributed by atoms with Crippen molar-refractivity contribution < 1.29 is 27.4 Å². The summed E-state index contributed by atoms with van der Waals surface area (Å²) in [5.41, 5.74) is 2.74. The molecule has 0 aliphatic carbocycles. The molecule has 2 aromatic carbocycles. The Hall–Kier alpha value is -2.82. The summed E-state index contributed by atoms with van der Waals surface area (Å²) in [5.74, 6) is 1.01. The summed E-state index contributed by atoms with van der Waals surface area (Å²) in [7, 11) is -3.52.